The molecule has 1 aromatic carbocycles. The first kappa shape index (κ1) is 13.7. The molecule has 1 saturated heterocycles. The van der Waals surface area contributed by atoms with Crippen LogP contribution in [0.3, 0.4) is 0 Å². The maximum absolute atomic E-state index is 11.2. The monoisotopic (exact) mass is 277 g/mol. The van der Waals surface area contributed by atoms with E-state index in [2.05, 4.69) is 11.8 Å². The number of nitrogens with zero attached hydrogens (tertiary/aromatic N) is 3. The Labute approximate surface area is 116 Å². The molecule has 19 heavy (non-hydrogen) atoms. The summed E-state index contributed by atoms with van der Waals surface area (Å²) in [5.41, 5.74) is 0.976. The number of rotatable bonds is 2. The number of hydrogen-bond acceptors (Lipinski definition) is 5. The van der Waals surface area contributed by atoms with E-state index >= 15 is 0 Å². The van der Waals surface area contributed by atoms with Crippen LogP contribution < -0.4 is 4.90 Å². The normalized spacial score (nSPS) is 19.6. The number of nitro benzene ring substituents is 1. The summed E-state index contributed by atoms with van der Waals surface area (Å²) in [5, 5.41) is 20.0. The average molecular weight is 277 g/mol. The van der Waals surface area contributed by atoms with Gasteiger partial charge in [-0.15, -0.1) is 0 Å². The van der Waals surface area contributed by atoms with E-state index in [4.69, 9.17) is 5.26 Å². The Morgan fingerprint density at radius 1 is 1.53 bits per heavy atom. The lowest BCUT2D eigenvalue weighted by molar-refractivity contribution is -0.384. The molecule has 6 heteroatoms. The van der Waals surface area contributed by atoms with Gasteiger partial charge in [-0.1, -0.05) is 0 Å². The molecule has 1 unspecified atom stereocenters. The standard InChI is InChI=1S/C13H15N3O2S/c1-10-4-6-19-7-5-15(10)12-3-2-11(9-14)8-13(12)16(17)18/h2-3,8,10H,4-7H2,1H3. The molecule has 1 aromatic rings. The maximum atomic E-state index is 11.2. The first-order valence-electron chi connectivity index (χ1n) is 6.16. The van der Waals surface area contributed by atoms with Crippen LogP contribution in [0.15, 0.2) is 18.2 Å². The van der Waals surface area contributed by atoms with Crippen LogP contribution in [-0.2, 0) is 0 Å². The fourth-order valence-corrected chi connectivity index (χ4v) is 3.27. The first-order valence-corrected chi connectivity index (χ1v) is 7.32. The second-order valence-corrected chi connectivity index (χ2v) is 5.74. The molecule has 0 radical (unpaired) electrons. The van der Waals surface area contributed by atoms with E-state index in [9.17, 15) is 10.1 Å². The zero-order valence-corrected chi connectivity index (χ0v) is 11.5. The third-order valence-electron chi connectivity index (χ3n) is 3.30. The van der Waals surface area contributed by atoms with Gasteiger partial charge in [-0.3, -0.25) is 10.1 Å². The molecular weight excluding hydrogens is 262 g/mol. The molecule has 0 aliphatic carbocycles. The Morgan fingerprint density at radius 3 is 3.00 bits per heavy atom. The van der Waals surface area contributed by atoms with Crippen LogP contribution >= 0.6 is 11.8 Å². The van der Waals surface area contributed by atoms with Gasteiger partial charge in [0.05, 0.1) is 16.6 Å². The van der Waals surface area contributed by atoms with Crippen LogP contribution in [0, 0.1) is 21.4 Å². The van der Waals surface area contributed by atoms with Crippen LogP contribution in [0.2, 0.25) is 0 Å². The number of benzene rings is 1. The van der Waals surface area contributed by atoms with Crippen molar-refractivity contribution in [3.8, 4) is 6.07 Å². The van der Waals surface area contributed by atoms with Gasteiger partial charge in [0.25, 0.3) is 5.69 Å². The van der Waals surface area contributed by atoms with Gasteiger partial charge >= 0.3 is 0 Å². The Morgan fingerprint density at radius 2 is 2.32 bits per heavy atom. The summed E-state index contributed by atoms with van der Waals surface area (Å²) in [6.07, 6.45) is 1.02. The first-order chi connectivity index (χ1) is 9.13. The fraction of sp³-hybridized carbons (Fsp3) is 0.462. The van der Waals surface area contributed by atoms with Gasteiger partial charge in [-0.25, -0.2) is 0 Å². The summed E-state index contributed by atoms with van der Waals surface area (Å²) in [5.74, 6) is 2.06. The van der Waals surface area contributed by atoms with Crippen molar-refractivity contribution in [2.75, 3.05) is 23.0 Å². The Bertz CT molecular complexity index is 527. The predicted molar refractivity (Wildman–Crippen MR) is 76.6 cm³/mol. The van der Waals surface area contributed by atoms with Crippen LogP contribution in [0.1, 0.15) is 18.9 Å². The second kappa shape index (κ2) is 5.93. The van der Waals surface area contributed by atoms with Crippen molar-refractivity contribution in [3.05, 3.63) is 33.9 Å². The van der Waals surface area contributed by atoms with E-state index in [1.54, 1.807) is 12.1 Å². The SMILES string of the molecule is CC1CCSCCN1c1ccc(C#N)cc1[N+](=O)[O-]. The second-order valence-electron chi connectivity index (χ2n) is 4.52. The molecule has 0 spiro atoms. The largest absolute Gasteiger partial charge is 0.362 e. The summed E-state index contributed by atoms with van der Waals surface area (Å²) in [4.78, 5) is 12.9. The van der Waals surface area contributed by atoms with Gasteiger partial charge < -0.3 is 4.90 Å². The van der Waals surface area contributed by atoms with Crippen LogP contribution in [0.25, 0.3) is 0 Å². The molecule has 1 atom stereocenters. The number of nitriles is 1. The van der Waals surface area contributed by atoms with Gasteiger partial charge in [0.1, 0.15) is 5.69 Å². The van der Waals surface area contributed by atoms with E-state index in [0.717, 1.165) is 24.5 Å². The highest BCUT2D eigenvalue weighted by Gasteiger charge is 2.25. The number of anilines is 1. The summed E-state index contributed by atoms with van der Waals surface area (Å²) in [6, 6.07) is 6.93. The Hall–Kier alpha value is -1.74. The molecule has 0 aromatic heterocycles. The van der Waals surface area contributed by atoms with Crippen molar-refractivity contribution in [1.82, 2.24) is 0 Å². The van der Waals surface area contributed by atoms with E-state index in [1.165, 1.54) is 6.07 Å². The predicted octanol–water partition coefficient (Wildman–Crippen LogP) is 2.80. The topological polar surface area (TPSA) is 70.2 Å². The van der Waals surface area contributed by atoms with E-state index in [0.29, 0.717) is 11.3 Å². The van der Waals surface area contributed by atoms with Crippen LogP contribution in [-0.4, -0.2) is 29.0 Å². The Kier molecular flexibility index (Phi) is 4.27. The molecule has 0 saturated carbocycles. The molecule has 0 bridgehead atoms. The smallest absolute Gasteiger partial charge is 0.293 e. The van der Waals surface area contributed by atoms with Gasteiger partial charge in [0.15, 0.2) is 0 Å². The lowest BCUT2D eigenvalue weighted by Gasteiger charge is -2.28. The number of nitro groups is 1. The molecule has 2 rings (SSSR count). The summed E-state index contributed by atoms with van der Waals surface area (Å²) < 4.78 is 0. The summed E-state index contributed by atoms with van der Waals surface area (Å²) >= 11 is 1.88. The molecule has 1 fully saturated rings. The molecule has 0 N–H and O–H groups in total. The zero-order chi connectivity index (χ0) is 13.8. The fourth-order valence-electron chi connectivity index (χ4n) is 2.24. The molecule has 5 nitrogen and oxygen atoms in total. The van der Waals surface area contributed by atoms with Crippen LogP contribution in [0.5, 0.6) is 0 Å². The third kappa shape index (κ3) is 2.99. The minimum absolute atomic E-state index is 0.0257. The highest BCUT2D eigenvalue weighted by Crippen LogP contribution is 2.32. The molecule has 1 aliphatic heterocycles. The van der Waals surface area contributed by atoms with Crippen molar-refractivity contribution < 1.29 is 4.92 Å². The zero-order valence-electron chi connectivity index (χ0n) is 10.7. The molecule has 1 heterocycles. The highest BCUT2D eigenvalue weighted by atomic mass is 32.2. The van der Waals surface area contributed by atoms with E-state index < -0.39 is 4.92 Å². The third-order valence-corrected chi connectivity index (χ3v) is 4.29. The molecule has 1 aliphatic rings. The molecule has 100 valence electrons. The number of hydrogen-bond donors (Lipinski definition) is 0. The van der Waals surface area contributed by atoms with Crippen molar-refractivity contribution in [2.45, 2.75) is 19.4 Å². The van der Waals surface area contributed by atoms with E-state index in [-0.39, 0.29) is 11.7 Å². The molecule has 0 amide bonds. The average Bonchev–Trinajstić information content (AvgIpc) is 2.62. The van der Waals surface area contributed by atoms with Crippen molar-refractivity contribution in [2.24, 2.45) is 0 Å². The minimum atomic E-state index is -0.402. The maximum Gasteiger partial charge on any atom is 0.293 e. The Balaban J connectivity index is 2.42. The van der Waals surface area contributed by atoms with Gasteiger partial charge in [-0.05, 0) is 31.2 Å². The van der Waals surface area contributed by atoms with Gasteiger partial charge in [-0.2, -0.15) is 17.0 Å². The van der Waals surface area contributed by atoms with E-state index in [1.807, 2.05) is 17.8 Å². The van der Waals surface area contributed by atoms with Gasteiger partial charge in [0, 0.05) is 24.4 Å². The van der Waals surface area contributed by atoms with Crippen molar-refractivity contribution in [1.29, 1.82) is 5.26 Å². The number of thioether (sulfide) groups is 1. The van der Waals surface area contributed by atoms with Crippen molar-refractivity contribution in [3.63, 3.8) is 0 Å². The minimum Gasteiger partial charge on any atom is -0.362 e. The van der Waals surface area contributed by atoms with Gasteiger partial charge in [0.2, 0.25) is 0 Å². The quantitative estimate of drug-likeness (QED) is 0.614. The lowest BCUT2D eigenvalue weighted by Crippen LogP contribution is -2.34. The molecular formula is C13H15N3O2S. The highest BCUT2D eigenvalue weighted by molar-refractivity contribution is 7.99. The summed E-state index contributed by atoms with van der Waals surface area (Å²) in [7, 11) is 0. The summed E-state index contributed by atoms with van der Waals surface area (Å²) in [6.45, 7) is 2.90. The lowest BCUT2D eigenvalue weighted by atomic mass is 10.1. The van der Waals surface area contributed by atoms with Crippen LogP contribution in [0.4, 0.5) is 11.4 Å². The van der Waals surface area contributed by atoms with Crippen molar-refractivity contribution >= 4 is 23.1 Å².